The number of hydrogen-bond donors (Lipinski definition) is 1. The smallest absolute Gasteiger partial charge is 0.0402 e. The minimum absolute atomic E-state index is 0.670. The van der Waals surface area contributed by atoms with Crippen LogP contribution in [0.25, 0.3) is 0 Å². The number of benzene rings is 1. The van der Waals surface area contributed by atoms with Gasteiger partial charge in [0.1, 0.15) is 0 Å². The van der Waals surface area contributed by atoms with E-state index in [4.69, 9.17) is 0 Å². The molecule has 2 rings (SSSR count). The Kier molecular flexibility index (Phi) is 3.76. The second-order valence-corrected chi connectivity index (χ2v) is 5.79. The normalized spacial score (nSPS) is 24.7. The first kappa shape index (κ1) is 12.5. The topological polar surface area (TPSA) is 12.0 Å². The monoisotopic (exact) mass is 231 g/mol. The van der Waals surface area contributed by atoms with Crippen molar-refractivity contribution < 1.29 is 0 Å². The summed E-state index contributed by atoms with van der Waals surface area (Å²) >= 11 is 0. The molecule has 0 radical (unpaired) electrons. The van der Waals surface area contributed by atoms with Gasteiger partial charge in [-0.3, -0.25) is 0 Å². The third-order valence-electron chi connectivity index (χ3n) is 4.12. The highest BCUT2D eigenvalue weighted by Crippen LogP contribution is 2.30. The van der Waals surface area contributed by atoms with Gasteiger partial charge in [-0.05, 0) is 50.7 Å². The summed E-state index contributed by atoms with van der Waals surface area (Å²) in [6.45, 7) is 8.99. The number of aryl methyl sites for hydroxylation is 3. The lowest BCUT2D eigenvalue weighted by Gasteiger charge is -2.31. The number of nitrogens with one attached hydrogen (secondary N) is 1. The lowest BCUT2D eigenvalue weighted by Crippen LogP contribution is -2.30. The first-order valence-electron chi connectivity index (χ1n) is 6.92. The summed E-state index contributed by atoms with van der Waals surface area (Å²) in [6, 6.07) is 5.23. The van der Waals surface area contributed by atoms with Crippen molar-refractivity contribution >= 4 is 5.69 Å². The second-order valence-electron chi connectivity index (χ2n) is 5.79. The Labute approximate surface area is 106 Å². The van der Waals surface area contributed by atoms with Crippen molar-refractivity contribution in [3.63, 3.8) is 0 Å². The van der Waals surface area contributed by atoms with Crippen molar-refractivity contribution in [3.8, 4) is 0 Å². The Morgan fingerprint density at radius 1 is 1.00 bits per heavy atom. The third-order valence-corrected chi connectivity index (χ3v) is 4.12. The lowest BCUT2D eigenvalue weighted by atomic mass is 9.85. The van der Waals surface area contributed by atoms with Crippen LogP contribution in [0.1, 0.15) is 49.3 Å². The average molecular weight is 231 g/mol. The van der Waals surface area contributed by atoms with Gasteiger partial charge >= 0.3 is 0 Å². The molecule has 1 fully saturated rings. The van der Waals surface area contributed by atoms with E-state index in [1.54, 1.807) is 0 Å². The van der Waals surface area contributed by atoms with Crippen LogP contribution in [-0.2, 0) is 0 Å². The molecule has 0 amide bonds. The van der Waals surface area contributed by atoms with Crippen molar-refractivity contribution in [1.82, 2.24) is 0 Å². The highest BCUT2D eigenvalue weighted by molar-refractivity contribution is 5.58. The van der Waals surface area contributed by atoms with E-state index < -0.39 is 0 Å². The van der Waals surface area contributed by atoms with Crippen molar-refractivity contribution in [2.24, 2.45) is 5.92 Å². The van der Waals surface area contributed by atoms with Crippen LogP contribution >= 0.6 is 0 Å². The summed E-state index contributed by atoms with van der Waals surface area (Å²) in [7, 11) is 0. The number of rotatable bonds is 2. The average Bonchev–Trinajstić information content (AvgIpc) is 2.25. The van der Waals surface area contributed by atoms with Crippen molar-refractivity contribution in [2.75, 3.05) is 5.32 Å². The van der Waals surface area contributed by atoms with Gasteiger partial charge in [0.25, 0.3) is 0 Å². The standard InChI is InChI=1S/C16H25N/c1-11-9-13(3)16(14(4)10-11)17-15-8-6-5-7-12(15)2/h9-10,12,15,17H,5-8H2,1-4H3. The van der Waals surface area contributed by atoms with E-state index in [1.165, 1.54) is 48.1 Å². The van der Waals surface area contributed by atoms with E-state index in [0.29, 0.717) is 6.04 Å². The fourth-order valence-electron chi connectivity index (χ4n) is 3.12. The largest absolute Gasteiger partial charge is 0.382 e. The van der Waals surface area contributed by atoms with Gasteiger partial charge in [-0.15, -0.1) is 0 Å². The molecule has 1 aliphatic rings. The summed E-state index contributed by atoms with van der Waals surface area (Å²) in [5.41, 5.74) is 5.51. The molecule has 0 bridgehead atoms. The molecule has 1 saturated carbocycles. The van der Waals surface area contributed by atoms with Crippen LogP contribution in [-0.4, -0.2) is 6.04 Å². The first-order valence-corrected chi connectivity index (χ1v) is 6.92. The van der Waals surface area contributed by atoms with E-state index in [9.17, 15) is 0 Å². The molecule has 1 nitrogen and oxygen atoms in total. The molecule has 0 saturated heterocycles. The Hall–Kier alpha value is -0.980. The Morgan fingerprint density at radius 3 is 2.18 bits per heavy atom. The van der Waals surface area contributed by atoms with Crippen LogP contribution in [0.5, 0.6) is 0 Å². The molecule has 1 aromatic rings. The van der Waals surface area contributed by atoms with Gasteiger partial charge in [0.2, 0.25) is 0 Å². The molecule has 0 aliphatic heterocycles. The molecule has 1 aliphatic carbocycles. The molecular formula is C16H25N. The second kappa shape index (κ2) is 5.12. The molecule has 0 spiro atoms. The van der Waals surface area contributed by atoms with Crippen LogP contribution in [0.3, 0.4) is 0 Å². The molecule has 1 heteroatoms. The van der Waals surface area contributed by atoms with Gasteiger partial charge in [-0.25, -0.2) is 0 Å². The van der Waals surface area contributed by atoms with Crippen LogP contribution < -0.4 is 5.32 Å². The van der Waals surface area contributed by atoms with Gasteiger partial charge in [0.05, 0.1) is 0 Å². The molecular weight excluding hydrogens is 206 g/mol. The summed E-state index contributed by atoms with van der Waals surface area (Å²) in [4.78, 5) is 0. The van der Waals surface area contributed by atoms with E-state index in [-0.39, 0.29) is 0 Å². The molecule has 2 atom stereocenters. The maximum absolute atomic E-state index is 3.79. The van der Waals surface area contributed by atoms with Crippen molar-refractivity contribution in [2.45, 2.75) is 59.4 Å². The SMILES string of the molecule is Cc1cc(C)c(NC2CCCCC2C)c(C)c1. The first-order chi connectivity index (χ1) is 8.08. The van der Waals surface area contributed by atoms with Gasteiger partial charge in [-0.1, -0.05) is 37.5 Å². The van der Waals surface area contributed by atoms with Crippen LogP contribution in [0, 0.1) is 26.7 Å². The minimum atomic E-state index is 0.670. The molecule has 2 unspecified atom stereocenters. The highest BCUT2D eigenvalue weighted by atomic mass is 14.9. The summed E-state index contributed by atoms with van der Waals surface area (Å²) in [5.74, 6) is 0.809. The summed E-state index contributed by atoms with van der Waals surface area (Å²) in [5, 5.41) is 3.79. The molecule has 94 valence electrons. The van der Waals surface area contributed by atoms with E-state index in [0.717, 1.165) is 5.92 Å². The minimum Gasteiger partial charge on any atom is -0.382 e. The molecule has 0 aromatic heterocycles. The molecule has 17 heavy (non-hydrogen) atoms. The van der Waals surface area contributed by atoms with Gasteiger partial charge in [-0.2, -0.15) is 0 Å². The Bertz CT molecular complexity index is 372. The van der Waals surface area contributed by atoms with Crippen molar-refractivity contribution in [3.05, 3.63) is 28.8 Å². The maximum atomic E-state index is 3.79. The summed E-state index contributed by atoms with van der Waals surface area (Å²) < 4.78 is 0. The van der Waals surface area contributed by atoms with Crippen LogP contribution in [0.15, 0.2) is 12.1 Å². The highest BCUT2D eigenvalue weighted by Gasteiger charge is 2.21. The number of anilines is 1. The van der Waals surface area contributed by atoms with Gasteiger partial charge in [0, 0.05) is 11.7 Å². The third kappa shape index (κ3) is 2.83. The van der Waals surface area contributed by atoms with E-state index in [2.05, 4.69) is 45.1 Å². The zero-order valence-corrected chi connectivity index (χ0v) is 11.6. The predicted octanol–water partition coefficient (Wildman–Crippen LogP) is 4.60. The van der Waals surface area contributed by atoms with Gasteiger partial charge < -0.3 is 5.32 Å². The summed E-state index contributed by atoms with van der Waals surface area (Å²) in [6.07, 6.45) is 5.49. The Morgan fingerprint density at radius 2 is 1.59 bits per heavy atom. The number of hydrogen-bond acceptors (Lipinski definition) is 1. The Balaban J connectivity index is 2.17. The van der Waals surface area contributed by atoms with Gasteiger partial charge in [0.15, 0.2) is 0 Å². The predicted molar refractivity (Wildman–Crippen MR) is 75.7 cm³/mol. The molecule has 1 N–H and O–H groups in total. The van der Waals surface area contributed by atoms with E-state index >= 15 is 0 Å². The van der Waals surface area contributed by atoms with Crippen LogP contribution in [0.2, 0.25) is 0 Å². The fourth-order valence-corrected chi connectivity index (χ4v) is 3.12. The van der Waals surface area contributed by atoms with Crippen LogP contribution in [0.4, 0.5) is 5.69 Å². The molecule has 0 heterocycles. The zero-order chi connectivity index (χ0) is 12.4. The maximum Gasteiger partial charge on any atom is 0.0402 e. The quantitative estimate of drug-likeness (QED) is 0.784. The molecule has 1 aromatic carbocycles. The van der Waals surface area contributed by atoms with Crippen molar-refractivity contribution in [1.29, 1.82) is 0 Å². The fraction of sp³-hybridized carbons (Fsp3) is 0.625. The van der Waals surface area contributed by atoms with E-state index in [1.807, 2.05) is 0 Å². The zero-order valence-electron chi connectivity index (χ0n) is 11.6. The lowest BCUT2D eigenvalue weighted by molar-refractivity contribution is 0.349.